The summed E-state index contributed by atoms with van der Waals surface area (Å²) < 4.78 is 35.1. The zero-order valence-electron chi connectivity index (χ0n) is 13.7. The minimum absolute atomic E-state index is 0.274. The molecule has 4 atom stereocenters. The van der Waals surface area contributed by atoms with E-state index in [1.807, 2.05) is 0 Å². The maximum absolute atomic E-state index is 13.5. The second-order valence-corrected chi connectivity index (χ2v) is 5.29. The summed E-state index contributed by atoms with van der Waals surface area (Å²) in [5, 5.41) is 0. The lowest BCUT2D eigenvalue weighted by atomic mass is 10.1. The second kappa shape index (κ2) is 7.57. The number of methoxy groups -OCH3 is 1. The van der Waals surface area contributed by atoms with E-state index in [1.54, 1.807) is 4.98 Å². The summed E-state index contributed by atoms with van der Waals surface area (Å²) in [5.41, 5.74) is -2.12. The highest BCUT2D eigenvalue weighted by molar-refractivity contribution is 5.66. The van der Waals surface area contributed by atoms with Gasteiger partial charge in [0.1, 0.15) is 18.8 Å². The number of rotatable bonds is 5. The Hall–Kier alpha value is -2.53. The quantitative estimate of drug-likeness (QED) is 0.669. The Morgan fingerprint density at radius 2 is 1.96 bits per heavy atom. The maximum Gasteiger partial charge on any atom is 0.330 e. The van der Waals surface area contributed by atoms with E-state index in [2.05, 4.69) is 0 Å². The normalized spacial score (nSPS) is 25.6. The van der Waals surface area contributed by atoms with Gasteiger partial charge in [0, 0.05) is 21.0 Å². The van der Waals surface area contributed by atoms with E-state index in [0.717, 1.165) is 11.5 Å². The number of carbonyl (C=O) groups is 2. The van der Waals surface area contributed by atoms with Gasteiger partial charge in [0.25, 0.3) is 5.56 Å². The van der Waals surface area contributed by atoms with E-state index < -0.39 is 53.5 Å². The molecule has 0 amide bonds. The third-order valence-electron chi connectivity index (χ3n) is 3.51. The number of nitrogens with one attached hydrogen (secondary N) is 1. The monoisotopic (exact) mass is 360 g/mol. The molecular weight excluding hydrogens is 343 g/mol. The van der Waals surface area contributed by atoms with Crippen LogP contribution in [0.5, 0.6) is 0 Å². The predicted molar refractivity (Wildman–Crippen MR) is 78.2 cm³/mol. The SMILES string of the molecule is CO[C@@H]1[C@H](OC(C)=O)[C@@H](COC(C)=O)O[C@H]1n1cc(F)c(=O)[nH]c1=O. The molecule has 1 aromatic rings. The van der Waals surface area contributed by atoms with Crippen LogP contribution >= 0.6 is 0 Å². The maximum atomic E-state index is 13.5. The molecule has 138 valence electrons. The first-order valence-corrected chi connectivity index (χ1v) is 7.24. The van der Waals surface area contributed by atoms with Crippen LogP contribution in [0.4, 0.5) is 4.39 Å². The van der Waals surface area contributed by atoms with Gasteiger partial charge in [-0.2, -0.15) is 4.39 Å². The summed E-state index contributed by atoms with van der Waals surface area (Å²) in [6.07, 6.45) is -3.53. The van der Waals surface area contributed by atoms with E-state index in [1.165, 1.54) is 14.0 Å². The lowest BCUT2D eigenvalue weighted by Crippen LogP contribution is -2.41. The van der Waals surface area contributed by atoms with Crippen molar-refractivity contribution in [3.63, 3.8) is 0 Å². The fourth-order valence-electron chi connectivity index (χ4n) is 2.50. The molecule has 1 aliphatic heterocycles. The van der Waals surface area contributed by atoms with Crippen LogP contribution in [-0.2, 0) is 28.5 Å². The average Bonchev–Trinajstić information content (AvgIpc) is 2.85. The molecule has 0 aromatic carbocycles. The molecule has 1 N–H and O–H groups in total. The van der Waals surface area contributed by atoms with Crippen LogP contribution in [0.1, 0.15) is 20.1 Å². The van der Waals surface area contributed by atoms with Gasteiger partial charge in [-0.05, 0) is 0 Å². The smallest absolute Gasteiger partial charge is 0.330 e. The number of hydrogen-bond acceptors (Lipinski definition) is 8. The van der Waals surface area contributed by atoms with Crippen LogP contribution in [0.15, 0.2) is 15.8 Å². The van der Waals surface area contributed by atoms with Crippen molar-refractivity contribution in [2.45, 2.75) is 38.4 Å². The van der Waals surface area contributed by atoms with E-state index >= 15 is 0 Å². The highest BCUT2D eigenvalue weighted by atomic mass is 19.1. The molecule has 25 heavy (non-hydrogen) atoms. The van der Waals surface area contributed by atoms with Gasteiger partial charge in [-0.25, -0.2) is 4.79 Å². The number of hydrogen-bond donors (Lipinski definition) is 1. The highest BCUT2D eigenvalue weighted by Gasteiger charge is 2.49. The van der Waals surface area contributed by atoms with Crippen LogP contribution in [0.25, 0.3) is 0 Å². The van der Waals surface area contributed by atoms with Crippen molar-refractivity contribution >= 4 is 11.9 Å². The molecule has 1 aliphatic rings. The van der Waals surface area contributed by atoms with Crippen molar-refractivity contribution in [2.75, 3.05) is 13.7 Å². The van der Waals surface area contributed by atoms with Crippen molar-refractivity contribution in [3.05, 3.63) is 32.9 Å². The Labute approximate surface area is 140 Å². The lowest BCUT2D eigenvalue weighted by Gasteiger charge is -2.22. The number of esters is 2. The summed E-state index contributed by atoms with van der Waals surface area (Å²) in [6, 6.07) is 0. The minimum Gasteiger partial charge on any atom is -0.463 e. The molecule has 0 aliphatic carbocycles. The fourth-order valence-corrected chi connectivity index (χ4v) is 2.50. The molecule has 1 fully saturated rings. The summed E-state index contributed by atoms with van der Waals surface area (Å²) in [6.45, 7) is 2.07. The van der Waals surface area contributed by atoms with Crippen LogP contribution < -0.4 is 11.2 Å². The van der Waals surface area contributed by atoms with E-state index in [4.69, 9.17) is 18.9 Å². The van der Waals surface area contributed by atoms with E-state index in [9.17, 15) is 23.6 Å². The molecule has 0 bridgehead atoms. The minimum atomic E-state index is -1.21. The molecule has 1 aromatic heterocycles. The number of carbonyl (C=O) groups excluding carboxylic acids is 2. The molecule has 11 heteroatoms. The number of aromatic amines is 1. The summed E-state index contributed by atoms with van der Waals surface area (Å²) in [7, 11) is 1.28. The molecule has 0 saturated carbocycles. The third-order valence-corrected chi connectivity index (χ3v) is 3.51. The molecule has 0 spiro atoms. The number of halogens is 1. The Bertz CT molecular complexity index is 773. The first-order valence-electron chi connectivity index (χ1n) is 7.24. The Morgan fingerprint density at radius 1 is 1.28 bits per heavy atom. The van der Waals surface area contributed by atoms with Crippen molar-refractivity contribution in [2.24, 2.45) is 0 Å². The second-order valence-electron chi connectivity index (χ2n) is 5.29. The van der Waals surface area contributed by atoms with E-state index in [0.29, 0.717) is 6.20 Å². The zero-order chi connectivity index (χ0) is 18.7. The van der Waals surface area contributed by atoms with Gasteiger partial charge in [-0.15, -0.1) is 0 Å². The Morgan fingerprint density at radius 3 is 2.52 bits per heavy atom. The summed E-state index contributed by atoms with van der Waals surface area (Å²) in [5.74, 6) is -2.44. The van der Waals surface area contributed by atoms with Gasteiger partial charge in [-0.1, -0.05) is 0 Å². The number of nitrogens with zero attached hydrogens (tertiary/aromatic N) is 1. The predicted octanol–water partition coefficient (Wildman–Crippen LogP) is -0.917. The lowest BCUT2D eigenvalue weighted by molar-refractivity contribution is -0.157. The fraction of sp³-hybridized carbons (Fsp3) is 0.571. The van der Waals surface area contributed by atoms with Gasteiger partial charge in [0.05, 0.1) is 6.20 Å². The van der Waals surface area contributed by atoms with Crippen molar-refractivity contribution in [1.29, 1.82) is 0 Å². The molecule has 2 heterocycles. The Kier molecular flexibility index (Phi) is 5.69. The van der Waals surface area contributed by atoms with Crippen molar-refractivity contribution in [3.8, 4) is 0 Å². The van der Waals surface area contributed by atoms with Gasteiger partial charge in [-0.3, -0.25) is 23.9 Å². The molecular formula is C14H17FN2O8. The molecule has 2 rings (SSSR count). The van der Waals surface area contributed by atoms with Crippen LogP contribution in [0, 0.1) is 5.82 Å². The van der Waals surface area contributed by atoms with Gasteiger partial charge < -0.3 is 18.9 Å². The highest BCUT2D eigenvalue weighted by Crippen LogP contribution is 2.33. The third kappa shape index (κ3) is 4.12. The molecule has 10 nitrogen and oxygen atoms in total. The van der Waals surface area contributed by atoms with E-state index in [-0.39, 0.29) is 6.61 Å². The first kappa shape index (κ1) is 18.8. The summed E-state index contributed by atoms with van der Waals surface area (Å²) >= 11 is 0. The topological polar surface area (TPSA) is 126 Å². The molecule has 1 saturated heterocycles. The van der Waals surface area contributed by atoms with Crippen LogP contribution in [-0.4, -0.2) is 53.5 Å². The van der Waals surface area contributed by atoms with Crippen LogP contribution in [0.2, 0.25) is 0 Å². The van der Waals surface area contributed by atoms with Crippen LogP contribution in [0.3, 0.4) is 0 Å². The number of ether oxygens (including phenoxy) is 4. The van der Waals surface area contributed by atoms with Gasteiger partial charge in [0.2, 0.25) is 5.82 Å². The molecule has 0 radical (unpaired) electrons. The average molecular weight is 360 g/mol. The number of H-pyrrole nitrogens is 1. The first-order chi connectivity index (χ1) is 11.7. The number of aromatic nitrogens is 2. The molecule has 0 unspecified atom stereocenters. The summed E-state index contributed by atoms with van der Waals surface area (Å²) in [4.78, 5) is 47.3. The van der Waals surface area contributed by atoms with Gasteiger partial charge in [0.15, 0.2) is 12.3 Å². The van der Waals surface area contributed by atoms with Crippen molar-refractivity contribution < 1.29 is 32.9 Å². The Balaban J connectivity index is 2.39. The standard InChI is InChI=1S/C14H17FN2O8/c1-6(18)23-5-9-10(24-7(2)19)11(22-3)13(25-9)17-4-8(15)12(20)16-14(17)21/h4,9-11,13H,5H2,1-3H3,(H,16,20,21)/t9-,10-,11-,13-/m1/s1. The zero-order valence-corrected chi connectivity index (χ0v) is 13.7. The van der Waals surface area contributed by atoms with Gasteiger partial charge >= 0.3 is 17.6 Å². The largest absolute Gasteiger partial charge is 0.463 e. The van der Waals surface area contributed by atoms with Crippen molar-refractivity contribution in [1.82, 2.24) is 9.55 Å².